The molecule has 4 nitrogen and oxygen atoms in total. The second-order valence-corrected chi connectivity index (χ2v) is 5.73. The molecule has 0 spiro atoms. The number of ketones is 2. The number of aromatic amines is 1. The molecule has 138 valence electrons. The lowest BCUT2D eigenvalue weighted by Crippen LogP contribution is -2.22. The molecule has 27 heavy (non-hydrogen) atoms. The first-order chi connectivity index (χ1) is 12.8. The third-order valence-corrected chi connectivity index (χ3v) is 4.04. The normalized spacial score (nSPS) is 11.9. The molecule has 0 saturated heterocycles. The molecule has 0 saturated carbocycles. The van der Waals surface area contributed by atoms with Gasteiger partial charge in [-0.15, -0.1) is 0 Å². The predicted molar refractivity (Wildman–Crippen MR) is 95.0 cm³/mol. The fraction of sp³-hybridized carbons (Fsp3) is 0.100. The number of fused-ring (bicyclic) bond motifs is 1. The standard InChI is InChI=1S/C20H14F3NO3/c1-27-14-8-5-12(6-9-14)17(25)10-7-13-3-2-4-15-16(11-24-18(13)15)19(26)20(21,22)23/h2-11,24H,1H3/b10-7+. The summed E-state index contributed by atoms with van der Waals surface area (Å²) in [7, 11) is 1.52. The Morgan fingerprint density at radius 1 is 1.07 bits per heavy atom. The number of hydrogen-bond donors (Lipinski definition) is 1. The molecule has 0 aliphatic heterocycles. The molecule has 0 atom stereocenters. The highest BCUT2D eigenvalue weighted by molar-refractivity contribution is 6.12. The first-order valence-electron chi connectivity index (χ1n) is 7.89. The van der Waals surface area contributed by atoms with Crippen LogP contribution in [-0.2, 0) is 0 Å². The Kier molecular flexibility index (Phi) is 4.85. The van der Waals surface area contributed by atoms with E-state index in [0.717, 1.165) is 6.20 Å². The highest BCUT2D eigenvalue weighted by atomic mass is 19.4. The number of carbonyl (C=O) groups is 2. The Morgan fingerprint density at radius 3 is 2.41 bits per heavy atom. The van der Waals surface area contributed by atoms with Crippen molar-refractivity contribution in [1.29, 1.82) is 0 Å². The van der Waals surface area contributed by atoms with E-state index in [1.807, 2.05) is 0 Å². The van der Waals surface area contributed by atoms with E-state index in [1.54, 1.807) is 30.3 Å². The van der Waals surface area contributed by atoms with Crippen LogP contribution in [0, 0.1) is 0 Å². The van der Waals surface area contributed by atoms with Gasteiger partial charge in [0.2, 0.25) is 0 Å². The molecule has 0 bridgehead atoms. The van der Waals surface area contributed by atoms with Crippen LogP contribution in [0.3, 0.4) is 0 Å². The monoisotopic (exact) mass is 373 g/mol. The largest absolute Gasteiger partial charge is 0.497 e. The van der Waals surface area contributed by atoms with Crippen molar-refractivity contribution in [2.75, 3.05) is 7.11 Å². The van der Waals surface area contributed by atoms with Gasteiger partial charge in [0.15, 0.2) is 5.78 Å². The molecular formula is C20H14F3NO3. The number of alkyl halides is 3. The van der Waals surface area contributed by atoms with E-state index in [9.17, 15) is 22.8 Å². The van der Waals surface area contributed by atoms with Crippen LogP contribution >= 0.6 is 0 Å². The topological polar surface area (TPSA) is 59.2 Å². The predicted octanol–water partition coefficient (Wildman–Crippen LogP) is 4.82. The minimum absolute atomic E-state index is 0.149. The molecular weight excluding hydrogens is 359 g/mol. The first-order valence-corrected chi connectivity index (χ1v) is 7.89. The minimum atomic E-state index is -4.95. The summed E-state index contributed by atoms with van der Waals surface area (Å²) in [5, 5.41) is 0.149. The van der Waals surface area contributed by atoms with Gasteiger partial charge in [-0.3, -0.25) is 9.59 Å². The summed E-state index contributed by atoms with van der Waals surface area (Å²) in [4.78, 5) is 26.5. The average Bonchev–Trinajstić information content (AvgIpc) is 3.09. The Bertz CT molecular complexity index is 1030. The summed E-state index contributed by atoms with van der Waals surface area (Å²) in [6.07, 6.45) is -1.11. The molecule has 0 radical (unpaired) electrons. The van der Waals surface area contributed by atoms with Gasteiger partial charge in [0.1, 0.15) is 5.75 Å². The van der Waals surface area contributed by atoms with Crippen LogP contribution < -0.4 is 4.74 Å². The molecule has 0 aliphatic carbocycles. The van der Waals surface area contributed by atoms with Crippen LogP contribution in [-0.4, -0.2) is 29.8 Å². The number of nitrogens with one attached hydrogen (secondary N) is 1. The van der Waals surface area contributed by atoms with Gasteiger partial charge in [-0.2, -0.15) is 13.2 Å². The number of rotatable bonds is 5. The van der Waals surface area contributed by atoms with Crippen molar-refractivity contribution < 1.29 is 27.5 Å². The van der Waals surface area contributed by atoms with Crippen molar-refractivity contribution in [1.82, 2.24) is 4.98 Å². The Hall–Kier alpha value is -3.35. The SMILES string of the molecule is COc1ccc(C(=O)/C=C/c2cccc3c(C(=O)C(F)(F)F)c[nH]c23)cc1. The average molecular weight is 373 g/mol. The van der Waals surface area contributed by atoms with Gasteiger partial charge in [-0.25, -0.2) is 0 Å². The molecule has 0 aliphatic rings. The molecule has 0 fully saturated rings. The smallest absolute Gasteiger partial charge is 0.454 e. The number of para-hydroxylation sites is 1. The van der Waals surface area contributed by atoms with E-state index in [-0.39, 0.29) is 11.2 Å². The maximum absolute atomic E-state index is 12.7. The molecule has 0 amide bonds. The molecule has 3 rings (SSSR count). The third kappa shape index (κ3) is 3.76. The van der Waals surface area contributed by atoms with Crippen molar-refractivity contribution in [3.05, 3.63) is 71.4 Å². The summed E-state index contributed by atoms with van der Waals surface area (Å²) >= 11 is 0. The number of aromatic nitrogens is 1. The zero-order valence-electron chi connectivity index (χ0n) is 14.1. The second kappa shape index (κ2) is 7.11. The van der Waals surface area contributed by atoms with Gasteiger partial charge in [0.25, 0.3) is 5.78 Å². The maximum Gasteiger partial charge on any atom is 0.454 e. The van der Waals surface area contributed by atoms with Crippen molar-refractivity contribution in [3.63, 3.8) is 0 Å². The van der Waals surface area contributed by atoms with E-state index < -0.39 is 17.5 Å². The van der Waals surface area contributed by atoms with Crippen LogP contribution in [0.15, 0.2) is 54.7 Å². The molecule has 2 aromatic carbocycles. The van der Waals surface area contributed by atoms with Crippen molar-refractivity contribution in [2.45, 2.75) is 6.18 Å². The van der Waals surface area contributed by atoms with Gasteiger partial charge in [-0.05, 0) is 42.0 Å². The summed E-state index contributed by atoms with van der Waals surface area (Å²) in [5.74, 6) is -1.56. The van der Waals surface area contributed by atoms with Crippen LogP contribution in [0.25, 0.3) is 17.0 Å². The number of hydrogen-bond acceptors (Lipinski definition) is 3. The summed E-state index contributed by atoms with van der Waals surface area (Å²) in [6.45, 7) is 0. The van der Waals surface area contributed by atoms with E-state index in [4.69, 9.17) is 4.74 Å². The van der Waals surface area contributed by atoms with E-state index in [0.29, 0.717) is 22.4 Å². The van der Waals surface area contributed by atoms with Gasteiger partial charge >= 0.3 is 6.18 Å². The summed E-state index contributed by atoms with van der Waals surface area (Å²) in [6, 6.07) is 11.1. The molecule has 3 aromatic rings. The number of carbonyl (C=O) groups excluding carboxylic acids is 2. The van der Waals surface area contributed by atoms with Gasteiger partial charge in [0.05, 0.1) is 18.2 Å². The number of allylic oxidation sites excluding steroid dienone is 1. The lowest BCUT2D eigenvalue weighted by molar-refractivity contribution is -0.0884. The highest BCUT2D eigenvalue weighted by Crippen LogP contribution is 2.28. The third-order valence-electron chi connectivity index (χ3n) is 4.04. The second-order valence-electron chi connectivity index (χ2n) is 5.73. The Balaban J connectivity index is 1.91. The maximum atomic E-state index is 12.7. The first kappa shape index (κ1) is 18.4. The number of H-pyrrole nitrogens is 1. The molecule has 7 heteroatoms. The van der Waals surface area contributed by atoms with E-state index in [2.05, 4.69) is 4.98 Å². The van der Waals surface area contributed by atoms with Crippen molar-refractivity contribution in [2.24, 2.45) is 0 Å². The fourth-order valence-electron chi connectivity index (χ4n) is 2.67. The molecule has 1 aromatic heterocycles. The van der Waals surface area contributed by atoms with Crippen molar-refractivity contribution >= 4 is 28.5 Å². The zero-order chi connectivity index (χ0) is 19.6. The quantitative estimate of drug-likeness (QED) is 0.515. The highest BCUT2D eigenvalue weighted by Gasteiger charge is 2.40. The molecule has 1 heterocycles. The van der Waals surface area contributed by atoms with Gasteiger partial charge < -0.3 is 9.72 Å². The summed E-state index contributed by atoms with van der Waals surface area (Å²) in [5.41, 5.74) is 0.840. The Labute approximate surface area is 152 Å². The van der Waals surface area contributed by atoms with Gasteiger partial charge in [-0.1, -0.05) is 18.2 Å². The number of methoxy groups -OCH3 is 1. The number of Topliss-reactive ketones (excluding diaryl/α,β-unsaturated/α-hetero) is 1. The Morgan fingerprint density at radius 2 is 1.78 bits per heavy atom. The van der Waals surface area contributed by atoms with Gasteiger partial charge in [0, 0.05) is 17.1 Å². The lowest BCUT2D eigenvalue weighted by atomic mass is 10.0. The minimum Gasteiger partial charge on any atom is -0.497 e. The van der Waals surface area contributed by atoms with Crippen LogP contribution in [0.1, 0.15) is 26.3 Å². The van der Waals surface area contributed by atoms with E-state index in [1.165, 1.54) is 31.4 Å². The molecule has 1 N–H and O–H groups in total. The number of benzene rings is 2. The van der Waals surface area contributed by atoms with Crippen LogP contribution in [0.5, 0.6) is 5.75 Å². The lowest BCUT2D eigenvalue weighted by Gasteiger charge is -2.04. The van der Waals surface area contributed by atoms with Crippen molar-refractivity contribution in [3.8, 4) is 5.75 Å². The van der Waals surface area contributed by atoms with Crippen LogP contribution in [0.4, 0.5) is 13.2 Å². The fourth-order valence-corrected chi connectivity index (χ4v) is 2.67. The molecule has 0 unspecified atom stereocenters. The van der Waals surface area contributed by atoms with Crippen LogP contribution in [0.2, 0.25) is 0 Å². The van der Waals surface area contributed by atoms with E-state index >= 15 is 0 Å². The number of halogens is 3. The number of ether oxygens (including phenoxy) is 1. The summed E-state index contributed by atoms with van der Waals surface area (Å²) < 4.78 is 43.1. The zero-order valence-corrected chi connectivity index (χ0v) is 14.1.